The Kier molecular flexibility index (Phi) is 2.59. The van der Waals surface area contributed by atoms with Gasteiger partial charge in [-0.2, -0.15) is 5.10 Å². The van der Waals surface area contributed by atoms with E-state index in [1.54, 1.807) is 0 Å². The van der Waals surface area contributed by atoms with Crippen LogP contribution in [-0.2, 0) is 7.05 Å². The van der Waals surface area contributed by atoms with Crippen molar-refractivity contribution in [3.8, 4) is 0 Å². The van der Waals surface area contributed by atoms with Gasteiger partial charge in [0.15, 0.2) is 5.65 Å². The van der Waals surface area contributed by atoms with Gasteiger partial charge in [-0.1, -0.05) is 0 Å². The molecule has 0 radical (unpaired) electrons. The molecule has 90 valence electrons. The molecular weight excluding hydrogens is 212 g/mol. The Balaban J connectivity index is 2.00. The average molecular weight is 230 g/mol. The molecule has 0 bridgehead atoms. The molecule has 1 saturated heterocycles. The fraction of sp³-hybridized carbons (Fsp3) is 0.538. The molecule has 0 amide bonds. The molecule has 1 fully saturated rings. The maximum absolute atomic E-state index is 4.67. The van der Waals surface area contributed by atoms with Gasteiger partial charge in [0.1, 0.15) is 0 Å². The van der Waals surface area contributed by atoms with Crippen molar-refractivity contribution in [1.29, 1.82) is 0 Å². The number of piperidine rings is 1. The van der Waals surface area contributed by atoms with Crippen LogP contribution in [0.1, 0.15) is 24.5 Å². The first kappa shape index (κ1) is 10.7. The number of hydrogen-bond donors (Lipinski definition) is 0. The summed E-state index contributed by atoms with van der Waals surface area (Å²) < 4.78 is 1.91. The van der Waals surface area contributed by atoms with E-state index in [1.165, 1.54) is 37.0 Å². The first-order valence-corrected chi connectivity index (χ1v) is 6.22. The van der Waals surface area contributed by atoms with Crippen molar-refractivity contribution in [2.24, 2.45) is 7.05 Å². The van der Waals surface area contributed by atoms with Crippen molar-refractivity contribution in [3.05, 3.63) is 24.0 Å². The molecule has 1 aliphatic heterocycles. The zero-order chi connectivity index (χ0) is 11.8. The summed E-state index contributed by atoms with van der Waals surface area (Å²) >= 11 is 0. The first-order valence-electron chi connectivity index (χ1n) is 6.22. The van der Waals surface area contributed by atoms with E-state index in [-0.39, 0.29) is 0 Å². The maximum Gasteiger partial charge on any atom is 0.157 e. The van der Waals surface area contributed by atoms with Gasteiger partial charge in [0, 0.05) is 24.5 Å². The molecule has 0 unspecified atom stereocenters. The maximum atomic E-state index is 4.67. The number of likely N-dealkylation sites (tertiary alicyclic amines) is 1. The lowest BCUT2D eigenvalue weighted by molar-refractivity contribution is 0.253. The van der Waals surface area contributed by atoms with E-state index in [9.17, 15) is 0 Å². The predicted molar refractivity (Wildman–Crippen MR) is 68.0 cm³/mol. The van der Waals surface area contributed by atoms with Crippen molar-refractivity contribution in [2.45, 2.75) is 18.8 Å². The number of aryl methyl sites for hydroxylation is 1. The van der Waals surface area contributed by atoms with Gasteiger partial charge < -0.3 is 4.90 Å². The summed E-state index contributed by atoms with van der Waals surface area (Å²) in [6.07, 6.45) is 4.25. The number of hydrogen-bond acceptors (Lipinski definition) is 3. The zero-order valence-corrected chi connectivity index (χ0v) is 10.4. The van der Waals surface area contributed by atoms with Crippen molar-refractivity contribution >= 4 is 11.0 Å². The highest BCUT2D eigenvalue weighted by Crippen LogP contribution is 2.30. The van der Waals surface area contributed by atoms with Gasteiger partial charge >= 0.3 is 0 Å². The molecule has 1 aliphatic rings. The number of nitrogens with zero attached hydrogens (tertiary/aromatic N) is 4. The molecule has 0 atom stereocenters. The molecule has 17 heavy (non-hydrogen) atoms. The van der Waals surface area contributed by atoms with Crippen LogP contribution in [0.2, 0.25) is 0 Å². The van der Waals surface area contributed by atoms with Crippen LogP contribution < -0.4 is 0 Å². The second-order valence-electron chi connectivity index (χ2n) is 4.96. The summed E-state index contributed by atoms with van der Waals surface area (Å²) in [7, 11) is 4.17. The number of aromatic nitrogens is 3. The van der Waals surface area contributed by atoms with Crippen molar-refractivity contribution < 1.29 is 0 Å². The van der Waals surface area contributed by atoms with Crippen LogP contribution in [0.25, 0.3) is 11.0 Å². The minimum atomic E-state index is 0.596. The number of pyridine rings is 1. The summed E-state index contributed by atoms with van der Waals surface area (Å²) in [6.45, 7) is 2.34. The molecule has 3 rings (SSSR count). The number of rotatable bonds is 1. The van der Waals surface area contributed by atoms with Gasteiger partial charge in [-0.05, 0) is 45.1 Å². The quantitative estimate of drug-likeness (QED) is 0.749. The Hall–Kier alpha value is -1.42. The fourth-order valence-electron chi connectivity index (χ4n) is 2.70. The molecule has 0 aromatic carbocycles. The summed E-state index contributed by atoms with van der Waals surface area (Å²) in [5.41, 5.74) is 2.24. The largest absolute Gasteiger partial charge is 0.306 e. The Morgan fingerprint density at radius 3 is 2.76 bits per heavy atom. The van der Waals surface area contributed by atoms with E-state index < -0.39 is 0 Å². The van der Waals surface area contributed by atoms with Crippen LogP contribution in [-0.4, -0.2) is 39.8 Å². The van der Waals surface area contributed by atoms with E-state index in [4.69, 9.17) is 0 Å². The second-order valence-corrected chi connectivity index (χ2v) is 4.96. The molecule has 3 heterocycles. The van der Waals surface area contributed by atoms with Crippen LogP contribution in [0.3, 0.4) is 0 Å². The highest BCUT2D eigenvalue weighted by atomic mass is 15.3. The summed E-state index contributed by atoms with van der Waals surface area (Å²) in [5.74, 6) is 0.596. The van der Waals surface area contributed by atoms with Crippen molar-refractivity contribution in [1.82, 2.24) is 19.7 Å². The lowest BCUT2D eigenvalue weighted by atomic mass is 9.92. The molecule has 0 N–H and O–H groups in total. The average Bonchev–Trinajstić information content (AvgIpc) is 2.69. The van der Waals surface area contributed by atoms with E-state index in [0.717, 1.165) is 5.65 Å². The molecule has 2 aromatic heterocycles. The molecule has 0 spiro atoms. The molecule has 0 aliphatic carbocycles. The zero-order valence-electron chi connectivity index (χ0n) is 10.4. The molecule has 4 heteroatoms. The lowest BCUT2D eigenvalue weighted by Gasteiger charge is -2.27. The van der Waals surface area contributed by atoms with Crippen LogP contribution in [0, 0.1) is 0 Å². The summed E-state index contributed by atoms with van der Waals surface area (Å²) in [6, 6.07) is 4.14. The lowest BCUT2D eigenvalue weighted by Crippen LogP contribution is -2.29. The van der Waals surface area contributed by atoms with Gasteiger partial charge in [-0.15, -0.1) is 0 Å². The van der Waals surface area contributed by atoms with Crippen molar-refractivity contribution in [3.63, 3.8) is 0 Å². The minimum absolute atomic E-state index is 0.596. The van der Waals surface area contributed by atoms with Crippen molar-refractivity contribution in [2.75, 3.05) is 20.1 Å². The first-order chi connectivity index (χ1) is 8.25. The smallest absolute Gasteiger partial charge is 0.157 e. The Morgan fingerprint density at radius 2 is 2.00 bits per heavy atom. The standard InChI is InChI=1S/C13H18N4/c1-16-8-5-10(6-9-16)12-11-4-3-7-14-13(11)17(2)15-12/h3-4,7,10H,5-6,8-9H2,1-2H3. The summed E-state index contributed by atoms with van der Waals surface area (Å²) in [5, 5.41) is 5.90. The SMILES string of the molecule is CN1CCC(c2nn(C)c3ncccc23)CC1. The highest BCUT2D eigenvalue weighted by molar-refractivity contribution is 5.78. The van der Waals surface area contributed by atoms with Gasteiger partial charge in [0.25, 0.3) is 0 Å². The molecule has 2 aromatic rings. The Bertz CT molecular complexity index is 523. The van der Waals surface area contributed by atoms with Crippen LogP contribution in [0.5, 0.6) is 0 Å². The third kappa shape index (κ3) is 1.82. The molecule has 4 nitrogen and oxygen atoms in total. The van der Waals surface area contributed by atoms with E-state index in [0.29, 0.717) is 5.92 Å². The molecule has 0 saturated carbocycles. The predicted octanol–water partition coefficient (Wildman–Crippen LogP) is 1.78. The van der Waals surface area contributed by atoms with Gasteiger partial charge in [0.2, 0.25) is 0 Å². The van der Waals surface area contributed by atoms with Gasteiger partial charge in [-0.25, -0.2) is 4.98 Å². The minimum Gasteiger partial charge on any atom is -0.306 e. The Morgan fingerprint density at radius 1 is 1.24 bits per heavy atom. The summed E-state index contributed by atoms with van der Waals surface area (Å²) in [4.78, 5) is 6.79. The third-order valence-corrected chi connectivity index (χ3v) is 3.73. The van der Waals surface area contributed by atoms with Gasteiger partial charge in [-0.3, -0.25) is 4.68 Å². The fourth-order valence-corrected chi connectivity index (χ4v) is 2.70. The highest BCUT2D eigenvalue weighted by Gasteiger charge is 2.23. The van der Waals surface area contributed by atoms with Crippen LogP contribution >= 0.6 is 0 Å². The van der Waals surface area contributed by atoms with Gasteiger partial charge in [0.05, 0.1) is 5.69 Å². The second kappa shape index (κ2) is 4.11. The van der Waals surface area contributed by atoms with E-state index in [2.05, 4.69) is 28.1 Å². The van der Waals surface area contributed by atoms with E-state index in [1.807, 2.05) is 24.0 Å². The van der Waals surface area contributed by atoms with E-state index >= 15 is 0 Å². The molecular formula is C13H18N4. The Labute approximate surface area is 101 Å². The number of fused-ring (bicyclic) bond motifs is 1. The normalized spacial score (nSPS) is 18.9. The van der Waals surface area contributed by atoms with Crippen LogP contribution in [0.15, 0.2) is 18.3 Å². The topological polar surface area (TPSA) is 34.0 Å². The van der Waals surface area contributed by atoms with Crippen LogP contribution in [0.4, 0.5) is 0 Å². The third-order valence-electron chi connectivity index (χ3n) is 3.73. The monoisotopic (exact) mass is 230 g/mol.